The van der Waals surface area contributed by atoms with Crippen LogP contribution in [0.25, 0.3) is 10.1 Å². The number of nitrogens with one attached hydrogen (secondary N) is 2. The highest BCUT2D eigenvalue weighted by Crippen LogP contribution is 2.40. The predicted octanol–water partition coefficient (Wildman–Crippen LogP) is 7.94. The molecule has 2 heterocycles. The van der Waals surface area contributed by atoms with Crippen LogP contribution in [0.5, 0.6) is 5.75 Å². The number of hydrogen-bond donors (Lipinski definition) is 2. The van der Waals surface area contributed by atoms with Gasteiger partial charge in [-0.05, 0) is 75.2 Å². The quantitative estimate of drug-likeness (QED) is 0.139. The second-order valence-corrected chi connectivity index (χ2v) is 15.8. The largest absolute Gasteiger partial charge is 0.482 e. The molecular formula is C31H36F6N3O2PS. The summed E-state index contributed by atoms with van der Waals surface area (Å²) in [5, 5.41) is 7.28. The minimum absolute atomic E-state index is 0.0725. The van der Waals surface area contributed by atoms with E-state index in [0.717, 1.165) is 31.6 Å². The van der Waals surface area contributed by atoms with Crippen LogP contribution < -0.4 is 20.7 Å². The van der Waals surface area contributed by atoms with Crippen molar-refractivity contribution in [1.29, 1.82) is 0 Å². The molecule has 0 unspecified atom stereocenters. The van der Waals surface area contributed by atoms with Crippen molar-refractivity contribution in [2.75, 3.05) is 50.2 Å². The number of piperidine rings is 1. The standard InChI is InChI=1S/C31H36F6N3O2PS/c1-20(2)40-15-12-21(13-16-40)39-26-8-5-7-23-24(18-30(32,33)34)28(44-29(23)26)9-6-14-38-25-11-10-22(43(3,4)41)17-27(25)42-19-31(35,36)37/h5,7-8,10-11,17,20-21,38-39H,12-16,18-19H2,1-4H3. The van der Waals surface area contributed by atoms with Crippen LogP contribution in [0, 0.1) is 11.8 Å². The third kappa shape index (κ3) is 9.32. The lowest BCUT2D eigenvalue weighted by atomic mass is 10.0. The van der Waals surface area contributed by atoms with Crippen molar-refractivity contribution in [3.05, 3.63) is 46.8 Å². The lowest BCUT2D eigenvalue weighted by Gasteiger charge is -2.35. The summed E-state index contributed by atoms with van der Waals surface area (Å²) in [7, 11) is -2.78. The van der Waals surface area contributed by atoms with E-state index in [-0.39, 0.29) is 34.5 Å². The van der Waals surface area contributed by atoms with Gasteiger partial charge in [0, 0.05) is 30.5 Å². The van der Waals surface area contributed by atoms with Gasteiger partial charge in [0.25, 0.3) is 0 Å². The van der Waals surface area contributed by atoms with Crippen LogP contribution in [-0.2, 0) is 11.0 Å². The lowest BCUT2D eigenvalue weighted by molar-refractivity contribution is -0.153. The molecule has 44 heavy (non-hydrogen) atoms. The first-order valence-electron chi connectivity index (χ1n) is 14.2. The number of alkyl halides is 6. The SMILES string of the molecule is CC(C)N1CCC(Nc2cccc3c(CC(F)(F)F)c(C#CCNc4ccc(P(C)(C)=O)cc4OCC(F)(F)F)sc23)CC1. The molecule has 0 aliphatic carbocycles. The number of benzene rings is 2. The molecule has 0 radical (unpaired) electrons. The molecule has 1 aliphatic rings. The fraction of sp³-hybridized carbons (Fsp3) is 0.484. The zero-order valence-electron chi connectivity index (χ0n) is 25.0. The first-order valence-corrected chi connectivity index (χ1v) is 17.7. The van der Waals surface area contributed by atoms with Crippen molar-refractivity contribution in [2.24, 2.45) is 0 Å². The number of fused-ring (bicyclic) bond motifs is 1. The van der Waals surface area contributed by atoms with Crippen LogP contribution in [0.1, 0.15) is 37.1 Å². The second kappa shape index (κ2) is 13.6. The second-order valence-electron chi connectivity index (χ2n) is 11.5. The Morgan fingerprint density at radius 2 is 1.75 bits per heavy atom. The molecule has 0 atom stereocenters. The third-order valence-electron chi connectivity index (χ3n) is 7.36. The Hall–Kier alpha value is -2.87. The van der Waals surface area contributed by atoms with Crippen molar-refractivity contribution >= 4 is 45.2 Å². The summed E-state index contributed by atoms with van der Waals surface area (Å²) in [6.07, 6.45) is -8.30. The molecule has 5 nitrogen and oxygen atoms in total. The zero-order chi connectivity index (χ0) is 32.3. The van der Waals surface area contributed by atoms with Crippen LogP contribution in [0.3, 0.4) is 0 Å². The Kier molecular flexibility index (Phi) is 10.5. The van der Waals surface area contributed by atoms with Crippen LogP contribution in [0.4, 0.5) is 37.7 Å². The first kappa shape index (κ1) is 34.0. The molecule has 4 rings (SSSR count). The molecule has 0 saturated carbocycles. The van der Waals surface area contributed by atoms with E-state index in [1.807, 2.05) is 6.07 Å². The topological polar surface area (TPSA) is 53.6 Å². The van der Waals surface area contributed by atoms with E-state index in [4.69, 9.17) is 4.74 Å². The molecule has 1 fully saturated rings. The van der Waals surface area contributed by atoms with E-state index in [0.29, 0.717) is 21.4 Å². The maximum atomic E-state index is 13.6. The van der Waals surface area contributed by atoms with Gasteiger partial charge in [-0.1, -0.05) is 24.0 Å². The smallest absolute Gasteiger partial charge is 0.422 e. The van der Waals surface area contributed by atoms with Crippen molar-refractivity contribution in [1.82, 2.24) is 4.90 Å². The Morgan fingerprint density at radius 3 is 2.36 bits per heavy atom. The van der Waals surface area contributed by atoms with E-state index in [1.165, 1.54) is 42.9 Å². The molecule has 1 aromatic heterocycles. The van der Waals surface area contributed by atoms with Crippen LogP contribution >= 0.6 is 18.5 Å². The molecule has 13 heteroatoms. The number of rotatable bonds is 9. The van der Waals surface area contributed by atoms with Crippen molar-refractivity contribution in [3.63, 3.8) is 0 Å². The number of thiophene rings is 1. The summed E-state index contributed by atoms with van der Waals surface area (Å²) < 4.78 is 97.6. The van der Waals surface area contributed by atoms with E-state index in [2.05, 4.69) is 41.2 Å². The first-order chi connectivity index (χ1) is 20.5. The Morgan fingerprint density at radius 1 is 1.05 bits per heavy atom. The average molecular weight is 660 g/mol. The van der Waals surface area contributed by atoms with Crippen molar-refractivity contribution in [3.8, 4) is 17.6 Å². The Bertz CT molecular complexity index is 1560. The van der Waals surface area contributed by atoms with Gasteiger partial charge in [0.15, 0.2) is 6.61 Å². The predicted molar refractivity (Wildman–Crippen MR) is 167 cm³/mol. The molecule has 240 valence electrons. The number of nitrogens with zero attached hydrogens (tertiary/aromatic N) is 1. The Balaban J connectivity index is 1.57. The highest BCUT2D eigenvalue weighted by molar-refractivity contribution is 7.70. The number of anilines is 2. The third-order valence-corrected chi connectivity index (χ3v) is 10.1. The molecule has 2 aromatic carbocycles. The summed E-state index contributed by atoms with van der Waals surface area (Å²) >= 11 is 1.20. The van der Waals surface area contributed by atoms with Gasteiger partial charge in [-0.3, -0.25) is 0 Å². The minimum Gasteiger partial charge on any atom is -0.482 e. The van der Waals surface area contributed by atoms with Gasteiger partial charge >= 0.3 is 12.4 Å². The summed E-state index contributed by atoms with van der Waals surface area (Å²) in [6, 6.07) is 10.3. The van der Waals surface area contributed by atoms with E-state index in [9.17, 15) is 30.9 Å². The molecule has 2 N–H and O–H groups in total. The molecular weight excluding hydrogens is 623 g/mol. The summed E-state index contributed by atoms with van der Waals surface area (Å²) in [6.45, 7) is 7.59. The fourth-order valence-electron chi connectivity index (χ4n) is 5.08. The van der Waals surface area contributed by atoms with Crippen LogP contribution in [-0.4, -0.2) is 68.9 Å². The average Bonchev–Trinajstić information content (AvgIpc) is 3.26. The van der Waals surface area contributed by atoms with Gasteiger partial charge in [0.1, 0.15) is 12.9 Å². The maximum Gasteiger partial charge on any atom is 0.422 e. The van der Waals surface area contributed by atoms with E-state index < -0.39 is 32.5 Å². The maximum absolute atomic E-state index is 13.6. The van der Waals surface area contributed by atoms with Gasteiger partial charge in [-0.25, -0.2) is 0 Å². The number of hydrogen-bond acceptors (Lipinski definition) is 6. The fourth-order valence-corrected chi connectivity index (χ4v) is 7.11. The molecule has 1 saturated heterocycles. The molecule has 1 aliphatic heterocycles. The zero-order valence-corrected chi connectivity index (χ0v) is 26.7. The molecule has 0 bridgehead atoms. The summed E-state index contributed by atoms with van der Waals surface area (Å²) in [4.78, 5) is 2.68. The van der Waals surface area contributed by atoms with Gasteiger partial charge in [-0.2, -0.15) is 26.3 Å². The van der Waals surface area contributed by atoms with E-state index >= 15 is 0 Å². The minimum atomic E-state index is -4.58. The van der Waals surface area contributed by atoms with Gasteiger partial charge in [-0.15, -0.1) is 11.3 Å². The number of ether oxygens (including phenoxy) is 1. The lowest BCUT2D eigenvalue weighted by Crippen LogP contribution is -2.42. The normalized spacial score (nSPS) is 15.3. The number of halogens is 6. The number of likely N-dealkylation sites (tertiary alicyclic amines) is 1. The van der Waals surface area contributed by atoms with Crippen LogP contribution in [0.15, 0.2) is 36.4 Å². The van der Waals surface area contributed by atoms with Crippen molar-refractivity contribution < 1.29 is 35.6 Å². The monoisotopic (exact) mass is 659 g/mol. The summed E-state index contributed by atoms with van der Waals surface area (Å²) in [5.41, 5.74) is 1.08. The summed E-state index contributed by atoms with van der Waals surface area (Å²) in [5.74, 6) is 5.54. The molecule has 0 amide bonds. The molecule has 3 aromatic rings. The highest BCUT2D eigenvalue weighted by Gasteiger charge is 2.32. The van der Waals surface area contributed by atoms with Crippen molar-refractivity contribution in [2.45, 2.75) is 57.5 Å². The van der Waals surface area contributed by atoms with Gasteiger partial charge < -0.3 is 24.8 Å². The Labute approximate surface area is 257 Å². The van der Waals surface area contributed by atoms with Gasteiger partial charge in [0.05, 0.1) is 33.9 Å². The van der Waals surface area contributed by atoms with Crippen LogP contribution in [0.2, 0.25) is 0 Å². The van der Waals surface area contributed by atoms with Gasteiger partial charge in [0.2, 0.25) is 0 Å². The van der Waals surface area contributed by atoms with E-state index in [1.54, 1.807) is 12.1 Å². The molecule has 0 spiro atoms. The highest BCUT2D eigenvalue weighted by atomic mass is 32.1.